The van der Waals surface area contributed by atoms with Gasteiger partial charge in [0.15, 0.2) is 23.2 Å². The van der Waals surface area contributed by atoms with Gasteiger partial charge >= 0.3 is 0 Å². The molecule has 2 saturated heterocycles. The number of hydrogen-bond acceptors (Lipinski definition) is 15. The maximum Gasteiger partial charge on any atom is 0.229 e. The van der Waals surface area contributed by atoms with Gasteiger partial charge in [-0.1, -0.05) is 0 Å². The van der Waals surface area contributed by atoms with E-state index in [1.165, 1.54) is 19.1 Å². The highest BCUT2D eigenvalue weighted by Crippen LogP contribution is 2.35. The predicted octanol–water partition coefficient (Wildman–Crippen LogP) is -1.09. The van der Waals surface area contributed by atoms with E-state index in [9.17, 15) is 45.6 Å². The van der Waals surface area contributed by atoms with Crippen LogP contribution in [0.1, 0.15) is 11.0 Å². The van der Waals surface area contributed by atoms with Gasteiger partial charge < -0.3 is 69.0 Å². The summed E-state index contributed by atoms with van der Waals surface area (Å²) >= 11 is 0. The molecule has 2 aromatic carbocycles. The summed E-state index contributed by atoms with van der Waals surface area (Å²) < 4.78 is 54.1. The molecule has 1 aromatic heterocycles. The van der Waals surface area contributed by atoms with Gasteiger partial charge in [-0.2, -0.15) is 0 Å². The normalized spacial score (nSPS) is 34.3. The summed E-state index contributed by atoms with van der Waals surface area (Å²) in [5.74, 6) is -1.77. The molecular formula is C28H32O15. The SMILES string of the molecule is [2H]C([2H])([2H])Oc1ccc(-c2cc(=O)c3c(O)cc(OC4OC(COC5OC(C)C(O)C(O)C5O)C(O)C(O)C4O)cc3o2)cc1O. The van der Waals surface area contributed by atoms with Crippen molar-refractivity contribution in [2.24, 2.45) is 0 Å². The number of rotatable bonds is 7. The fourth-order valence-electron chi connectivity index (χ4n) is 4.84. The van der Waals surface area contributed by atoms with E-state index < -0.39 is 92.0 Å². The molecule has 3 heterocycles. The number of phenolic OH excluding ortho intramolecular Hbond substituents is 2. The Morgan fingerprint density at radius 1 is 0.837 bits per heavy atom. The van der Waals surface area contributed by atoms with Crippen molar-refractivity contribution in [1.29, 1.82) is 0 Å². The minimum absolute atomic E-state index is 0.0893. The predicted molar refractivity (Wildman–Crippen MR) is 143 cm³/mol. The minimum atomic E-state index is -2.82. The number of fused-ring (bicyclic) bond motifs is 1. The summed E-state index contributed by atoms with van der Waals surface area (Å²) in [6.07, 6.45) is -15.4. The molecule has 15 nitrogen and oxygen atoms in total. The lowest BCUT2D eigenvalue weighted by molar-refractivity contribution is -0.318. The summed E-state index contributed by atoms with van der Waals surface area (Å²) in [6, 6.07) is 6.81. The molecule has 10 unspecified atom stereocenters. The molecule has 43 heavy (non-hydrogen) atoms. The Kier molecular flexibility index (Phi) is 7.70. The third-order valence-corrected chi connectivity index (χ3v) is 7.29. The molecule has 5 rings (SSSR count). The largest absolute Gasteiger partial charge is 0.507 e. The van der Waals surface area contributed by atoms with Crippen LogP contribution >= 0.6 is 0 Å². The van der Waals surface area contributed by atoms with Gasteiger partial charge in [0, 0.05) is 23.8 Å². The van der Waals surface area contributed by atoms with Crippen molar-refractivity contribution in [3.8, 4) is 34.3 Å². The highest BCUT2D eigenvalue weighted by molar-refractivity contribution is 5.86. The van der Waals surface area contributed by atoms with E-state index in [1.807, 2.05) is 0 Å². The molecule has 8 N–H and O–H groups in total. The molecule has 2 fully saturated rings. The Hall–Kier alpha value is -3.51. The first kappa shape index (κ1) is 27.1. The Balaban J connectivity index is 1.36. The lowest BCUT2D eigenvalue weighted by atomic mass is 9.98. The van der Waals surface area contributed by atoms with Gasteiger partial charge in [0.05, 0.1) is 23.9 Å². The Morgan fingerprint density at radius 3 is 2.28 bits per heavy atom. The van der Waals surface area contributed by atoms with Crippen molar-refractivity contribution < 1.29 is 73.1 Å². The lowest BCUT2D eigenvalue weighted by Crippen LogP contribution is -2.61. The topological polar surface area (TPSA) is 238 Å². The third-order valence-electron chi connectivity index (χ3n) is 7.29. The van der Waals surface area contributed by atoms with Crippen LogP contribution in [-0.2, 0) is 14.2 Å². The van der Waals surface area contributed by atoms with Gasteiger partial charge in [-0.25, -0.2) is 0 Å². The quantitative estimate of drug-likeness (QED) is 0.158. The highest BCUT2D eigenvalue weighted by Gasteiger charge is 2.47. The minimum Gasteiger partial charge on any atom is -0.507 e. The van der Waals surface area contributed by atoms with Crippen LogP contribution in [-0.4, -0.2) is 116 Å². The average molecular weight is 612 g/mol. The standard InChI is InChI=1S/C28H32O15/c1-10-21(32)23(34)25(36)27(40-10)39-9-19-22(33)24(35)26(37)28(43-19)41-12-6-14(30)20-15(31)8-17(42-18(20)7-12)11-3-4-16(38-2)13(29)5-11/h3-8,10,19,21-30,32-37H,9H2,1-2H3/i2D3. The summed E-state index contributed by atoms with van der Waals surface area (Å²) in [5.41, 5.74) is -0.745. The number of methoxy groups -OCH3 is 1. The second kappa shape index (κ2) is 12.2. The van der Waals surface area contributed by atoms with Crippen LogP contribution < -0.4 is 14.9 Å². The fraction of sp³-hybridized carbons (Fsp3) is 0.464. The summed E-state index contributed by atoms with van der Waals surface area (Å²) in [6.45, 7) is 0.903. The van der Waals surface area contributed by atoms with Gasteiger partial charge in [-0.05, 0) is 25.1 Å². The molecule has 0 spiro atoms. The highest BCUT2D eigenvalue weighted by atomic mass is 16.7. The average Bonchev–Trinajstić information content (AvgIpc) is 2.98. The first-order valence-corrected chi connectivity index (χ1v) is 13.0. The molecule has 2 aliphatic rings. The van der Waals surface area contributed by atoms with Crippen LogP contribution in [0.2, 0.25) is 0 Å². The van der Waals surface area contributed by atoms with Crippen LogP contribution in [0.25, 0.3) is 22.3 Å². The van der Waals surface area contributed by atoms with Crippen LogP contribution in [0.5, 0.6) is 23.0 Å². The van der Waals surface area contributed by atoms with E-state index in [-0.39, 0.29) is 33.8 Å². The zero-order valence-electron chi connectivity index (χ0n) is 25.4. The van der Waals surface area contributed by atoms with Crippen molar-refractivity contribution in [3.05, 3.63) is 46.6 Å². The van der Waals surface area contributed by atoms with E-state index >= 15 is 0 Å². The molecule has 15 heteroatoms. The molecule has 10 atom stereocenters. The maximum atomic E-state index is 12.9. The van der Waals surface area contributed by atoms with Crippen molar-refractivity contribution in [2.45, 2.75) is 68.3 Å². The van der Waals surface area contributed by atoms with Gasteiger partial charge in [-0.3, -0.25) is 4.79 Å². The Morgan fingerprint density at radius 2 is 1.56 bits per heavy atom. The second-order valence-electron chi connectivity index (χ2n) is 10.2. The molecule has 234 valence electrons. The van der Waals surface area contributed by atoms with Crippen molar-refractivity contribution in [3.63, 3.8) is 0 Å². The van der Waals surface area contributed by atoms with Gasteiger partial charge in [0.25, 0.3) is 0 Å². The molecule has 0 amide bonds. The zero-order valence-corrected chi connectivity index (χ0v) is 22.4. The van der Waals surface area contributed by atoms with Crippen LogP contribution in [0, 0.1) is 0 Å². The molecule has 0 aliphatic carbocycles. The number of aromatic hydroxyl groups is 2. The van der Waals surface area contributed by atoms with E-state index in [1.54, 1.807) is 0 Å². The third kappa shape index (κ3) is 5.99. The monoisotopic (exact) mass is 611 g/mol. The molecular weight excluding hydrogens is 576 g/mol. The van der Waals surface area contributed by atoms with E-state index in [0.717, 1.165) is 24.3 Å². The van der Waals surface area contributed by atoms with Crippen molar-refractivity contribution in [1.82, 2.24) is 0 Å². The smallest absolute Gasteiger partial charge is 0.229 e. The summed E-state index contributed by atoms with van der Waals surface area (Å²) in [4.78, 5) is 12.9. The van der Waals surface area contributed by atoms with E-state index in [2.05, 4.69) is 0 Å². The molecule has 0 saturated carbocycles. The maximum absolute atomic E-state index is 12.9. The van der Waals surface area contributed by atoms with Gasteiger partial charge in [0.2, 0.25) is 6.29 Å². The molecule has 2 aliphatic heterocycles. The zero-order chi connectivity index (χ0) is 33.7. The van der Waals surface area contributed by atoms with E-state index in [4.69, 9.17) is 32.2 Å². The summed E-state index contributed by atoms with van der Waals surface area (Å²) in [7, 11) is -2.82. The fourth-order valence-corrected chi connectivity index (χ4v) is 4.84. The van der Waals surface area contributed by atoms with Gasteiger partial charge in [0.1, 0.15) is 71.0 Å². The lowest BCUT2D eigenvalue weighted by Gasteiger charge is -2.42. The number of aliphatic hydroxyl groups excluding tert-OH is 6. The van der Waals surface area contributed by atoms with Crippen molar-refractivity contribution >= 4 is 11.0 Å². The van der Waals surface area contributed by atoms with Crippen LogP contribution in [0.4, 0.5) is 0 Å². The number of aliphatic hydroxyl groups is 6. The van der Waals surface area contributed by atoms with Crippen LogP contribution in [0.15, 0.2) is 45.6 Å². The molecule has 0 bridgehead atoms. The van der Waals surface area contributed by atoms with Crippen molar-refractivity contribution in [2.75, 3.05) is 13.6 Å². The van der Waals surface area contributed by atoms with Gasteiger partial charge in [-0.15, -0.1) is 0 Å². The Bertz CT molecular complexity index is 1610. The number of hydrogen-bond donors (Lipinski definition) is 8. The number of ether oxygens (including phenoxy) is 5. The molecule has 0 radical (unpaired) electrons. The summed E-state index contributed by atoms with van der Waals surface area (Å²) in [5, 5.41) is 82.1. The second-order valence-corrected chi connectivity index (χ2v) is 10.2. The first-order valence-electron chi connectivity index (χ1n) is 14.5. The van der Waals surface area contributed by atoms with Crippen LogP contribution in [0.3, 0.4) is 0 Å². The number of phenols is 2. The molecule has 3 aromatic rings. The van der Waals surface area contributed by atoms with E-state index in [0.29, 0.717) is 0 Å². The first-order chi connectivity index (χ1) is 21.5. The number of benzene rings is 2. The Labute approximate surface area is 247 Å².